The lowest BCUT2D eigenvalue weighted by atomic mass is 10.0. The van der Waals surface area contributed by atoms with E-state index < -0.39 is 29.7 Å². The number of piperidine rings is 1. The molecule has 2 aromatic carbocycles. The molecule has 0 bridgehead atoms. The number of hydrogen-bond donors (Lipinski definition) is 2. The number of methoxy groups -OCH3 is 1. The number of fused-ring (bicyclic) bond motifs is 1. The molecule has 4 amide bonds. The average molecular weight is 407 g/mol. The Hall–Kier alpha value is -3.68. The van der Waals surface area contributed by atoms with Gasteiger partial charge in [-0.25, -0.2) is 0 Å². The third-order valence-corrected chi connectivity index (χ3v) is 5.43. The third kappa shape index (κ3) is 3.30. The summed E-state index contributed by atoms with van der Waals surface area (Å²) in [5.74, 6) is -1.37. The third-order valence-electron chi connectivity index (χ3n) is 5.43. The van der Waals surface area contributed by atoms with Crippen LogP contribution < -0.4 is 15.4 Å². The van der Waals surface area contributed by atoms with Gasteiger partial charge >= 0.3 is 0 Å². The van der Waals surface area contributed by atoms with E-state index in [2.05, 4.69) is 10.6 Å². The highest BCUT2D eigenvalue weighted by molar-refractivity contribution is 6.25. The van der Waals surface area contributed by atoms with Crippen molar-refractivity contribution in [2.45, 2.75) is 31.8 Å². The lowest BCUT2D eigenvalue weighted by Crippen LogP contribution is -2.54. The van der Waals surface area contributed by atoms with Crippen molar-refractivity contribution in [2.24, 2.45) is 0 Å². The number of hydrogen-bond acceptors (Lipinski definition) is 6. The van der Waals surface area contributed by atoms with Crippen molar-refractivity contribution >= 4 is 29.3 Å². The molecule has 2 heterocycles. The summed E-state index contributed by atoms with van der Waals surface area (Å²) < 4.78 is 5.26. The van der Waals surface area contributed by atoms with Gasteiger partial charge in [0.1, 0.15) is 11.8 Å². The standard InChI is InChI=1S/C22H21N3O5/c1-12(13-5-3-6-14(11-13)30-2)23-16-8-4-7-15-19(16)22(29)25(21(15)28)17-9-10-18(26)24-20(17)27/h3-8,11-12,17,23H,9-10H2,1-2H3,(H,24,26,27)/t12-,17?/m1/s1. The van der Waals surface area contributed by atoms with Crippen molar-refractivity contribution in [2.75, 3.05) is 12.4 Å². The molecule has 154 valence electrons. The topological polar surface area (TPSA) is 105 Å². The van der Waals surface area contributed by atoms with Crippen LogP contribution in [0.2, 0.25) is 0 Å². The molecule has 0 radical (unpaired) electrons. The molecule has 4 rings (SSSR count). The van der Waals surface area contributed by atoms with Crippen molar-refractivity contribution in [3.8, 4) is 5.75 Å². The number of anilines is 1. The van der Waals surface area contributed by atoms with Crippen LogP contribution >= 0.6 is 0 Å². The second kappa shape index (κ2) is 7.62. The number of rotatable bonds is 5. The minimum absolute atomic E-state index is 0.0851. The molecule has 2 N–H and O–H groups in total. The first kappa shape index (κ1) is 19.6. The maximum atomic E-state index is 13.2. The van der Waals surface area contributed by atoms with Gasteiger partial charge in [-0.05, 0) is 43.2 Å². The molecule has 8 heteroatoms. The first-order valence-corrected chi connectivity index (χ1v) is 9.65. The van der Waals surface area contributed by atoms with Crippen LogP contribution in [0.25, 0.3) is 0 Å². The van der Waals surface area contributed by atoms with Crippen LogP contribution in [-0.4, -0.2) is 41.7 Å². The Morgan fingerprint density at radius 1 is 1.10 bits per heavy atom. The second-order valence-electron chi connectivity index (χ2n) is 7.32. The van der Waals surface area contributed by atoms with E-state index in [-0.39, 0.29) is 30.0 Å². The van der Waals surface area contributed by atoms with Gasteiger partial charge in [-0.3, -0.25) is 29.4 Å². The van der Waals surface area contributed by atoms with Gasteiger partial charge < -0.3 is 10.1 Å². The molecule has 2 aromatic rings. The van der Waals surface area contributed by atoms with Gasteiger partial charge in [0.15, 0.2) is 0 Å². The summed E-state index contributed by atoms with van der Waals surface area (Å²) in [4.78, 5) is 50.7. The molecule has 1 fully saturated rings. The minimum atomic E-state index is -0.987. The zero-order valence-electron chi connectivity index (χ0n) is 16.6. The summed E-state index contributed by atoms with van der Waals surface area (Å²) >= 11 is 0. The average Bonchev–Trinajstić information content (AvgIpc) is 2.99. The van der Waals surface area contributed by atoms with Gasteiger partial charge in [-0.2, -0.15) is 0 Å². The Labute approximate surface area is 173 Å². The molecular weight excluding hydrogens is 386 g/mol. The molecule has 0 spiro atoms. The first-order chi connectivity index (χ1) is 14.4. The van der Waals surface area contributed by atoms with Crippen LogP contribution in [-0.2, 0) is 9.59 Å². The van der Waals surface area contributed by atoms with Crippen molar-refractivity contribution in [1.29, 1.82) is 0 Å². The number of nitrogens with zero attached hydrogens (tertiary/aromatic N) is 1. The fourth-order valence-electron chi connectivity index (χ4n) is 3.86. The molecule has 2 aliphatic heterocycles. The second-order valence-corrected chi connectivity index (χ2v) is 7.32. The summed E-state index contributed by atoms with van der Waals surface area (Å²) in [5.41, 5.74) is 1.94. The van der Waals surface area contributed by atoms with Gasteiger partial charge in [0.25, 0.3) is 11.8 Å². The molecule has 2 aliphatic rings. The number of ether oxygens (including phenoxy) is 1. The Morgan fingerprint density at radius 2 is 1.87 bits per heavy atom. The van der Waals surface area contributed by atoms with E-state index in [9.17, 15) is 19.2 Å². The van der Waals surface area contributed by atoms with Crippen molar-refractivity contribution in [3.05, 3.63) is 59.2 Å². The van der Waals surface area contributed by atoms with E-state index in [0.717, 1.165) is 16.2 Å². The predicted octanol–water partition coefficient (Wildman–Crippen LogP) is 2.27. The fourth-order valence-corrected chi connectivity index (χ4v) is 3.86. The van der Waals surface area contributed by atoms with E-state index in [1.807, 2.05) is 31.2 Å². The van der Waals surface area contributed by atoms with E-state index in [1.165, 1.54) is 0 Å². The van der Waals surface area contributed by atoms with Crippen LogP contribution in [0.1, 0.15) is 52.1 Å². The number of carbonyl (C=O) groups is 4. The van der Waals surface area contributed by atoms with Crippen LogP contribution in [0.3, 0.4) is 0 Å². The molecule has 0 aliphatic carbocycles. The van der Waals surface area contributed by atoms with E-state index in [1.54, 1.807) is 25.3 Å². The molecule has 30 heavy (non-hydrogen) atoms. The predicted molar refractivity (Wildman–Crippen MR) is 108 cm³/mol. The van der Waals surface area contributed by atoms with E-state index in [0.29, 0.717) is 5.69 Å². The summed E-state index contributed by atoms with van der Waals surface area (Å²) in [6.07, 6.45) is 0.209. The first-order valence-electron chi connectivity index (χ1n) is 9.65. The van der Waals surface area contributed by atoms with Crippen LogP contribution in [0.15, 0.2) is 42.5 Å². The molecule has 8 nitrogen and oxygen atoms in total. The van der Waals surface area contributed by atoms with Crippen molar-refractivity contribution < 1.29 is 23.9 Å². The monoisotopic (exact) mass is 407 g/mol. The summed E-state index contributed by atoms with van der Waals surface area (Å²) in [6, 6.07) is 11.4. The molecule has 1 unspecified atom stereocenters. The molecule has 1 saturated heterocycles. The van der Waals surface area contributed by atoms with Crippen LogP contribution in [0.4, 0.5) is 5.69 Å². The van der Waals surface area contributed by atoms with Gasteiger partial charge in [0, 0.05) is 18.2 Å². The van der Waals surface area contributed by atoms with Gasteiger partial charge in [0.2, 0.25) is 11.8 Å². The van der Waals surface area contributed by atoms with Crippen LogP contribution in [0, 0.1) is 0 Å². The highest BCUT2D eigenvalue weighted by Gasteiger charge is 2.45. The zero-order valence-corrected chi connectivity index (χ0v) is 16.6. The lowest BCUT2D eigenvalue weighted by molar-refractivity contribution is -0.136. The SMILES string of the molecule is COc1cccc([C@@H](C)Nc2cccc3c2C(=O)N(C2CCC(=O)NC2=O)C3=O)c1. The Morgan fingerprint density at radius 3 is 2.60 bits per heavy atom. The molecule has 0 saturated carbocycles. The number of nitrogens with one attached hydrogen (secondary N) is 2. The van der Waals surface area contributed by atoms with E-state index >= 15 is 0 Å². The maximum absolute atomic E-state index is 13.2. The van der Waals surface area contributed by atoms with Crippen molar-refractivity contribution in [3.63, 3.8) is 0 Å². The van der Waals surface area contributed by atoms with Crippen LogP contribution in [0.5, 0.6) is 5.75 Å². The summed E-state index contributed by atoms with van der Waals surface area (Å²) in [7, 11) is 1.59. The lowest BCUT2D eigenvalue weighted by Gasteiger charge is -2.28. The zero-order chi connectivity index (χ0) is 21.4. The number of benzene rings is 2. The highest BCUT2D eigenvalue weighted by atomic mass is 16.5. The maximum Gasteiger partial charge on any atom is 0.264 e. The summed E-state index contributed by atoms with van der Waals surface area (Å²) in [5, 5.41) is 5.49. The molecule has 0 aromatic heterocycles. The van der Waals surface area contributed by atoms with Crippen molar-refractivity contribution in [1.82, 2.24) is 10.2 Å². The molecule has 2 atom stereocenters. The van der Waals surface area contributed by atoms with Gasteiger partial charge in [0.05, 0.1) is 18.2 Å². The van der Waals surface area contributed by atoms with Gasteiger partial charge in [-0.1, -0.05) is 18.2 Å². The number of amides is 4. The highest BCUT2D eigenvalue weighted by Crippen LogP contribution is 2.34. The summed E-state index contributed by atoms with van der Waals surface area (Å²) in [6.45, 7) is 1.94. The number of imide groups is 2. The fraction of sp³-hybridized carbons (Fsp3) is 0.273. The Balaban J connectivity index is 1.63. The van der Waals surface area contributed by atoms with Gasteiger partial charge in [-0.15, -0.1) is 0 Å². The molecular formula is C22H21N3O5. The largest absolute Gasteiger partial charge is 0.497 e. The minimum Gasteiger partial charge on any atom is -0.497 e. The number of carbonyl (C=O) groups excluding carboxylic acids is 4. The van der Waals surface area contributed by atoms with E-state index in [4.69, 9.17) is 4.74 Å². The smallest absolute Gasteiger partial charge is 0.264 e. The quantitative estimate of drug-likeness (QED) is 0.737. The normalized spacial score (nSPS) is 19.4. The Bertz CT molecular complexity index is 1060. The Kier molecular flexibility index (Phi) is 4.99.